The van der Waals surface area contributed by atoms with Gasteiger partial charge in [0.2, 0.25) is 0 Å². The second-order valence-corrected chi connectivity index (χ2v) is 17.1. The van der Waals surface area contributed by atoms with E-state index < -0.39 is 0 Å². The zero-order valence-corrected chi connectivity index (χ0v) is 35.5. The normalized spacial score (nSPS) is 11.9. The molecule has 5 nitrogen and oxygen atoms in total. The van der Waals surface area contributed by atoms with Crippen LogP contribution in [0, 0.1) is 0 Å². The summed E-state index contributed by atoms with van der Waals surface area (Å²) in [4.78, 5) is 16.1. The van der Waals surface area contributed by atoms with Gasteiger partial charge >= 0.3 is 0 Å². The van der Waals surface area contributed by atoms with Gasteiger partial charge in [0.25, 0.3) is 0 Å². The first-order valence-electron chi connectivity index (χ1n) is 22.3. The van der Waals surface area contributed by atoms with E-state index in [0.29, 0.717) is 17.5 Å². The van der Waals surface area contributed by atoms with Crippen LogP contribution in [0.15, 0.2) is 223 Å². The molecule has 306 valence electrons. The van der Waals surface area contributed by atoms with Crippen molar-refractivity contribution in [3.8, 4) is 51.0 Å². The van der Waals surface area contributed by atoms with Crippen molar-refractivity contribution < 1.29 is 4.42 Å². The third-order valence-electron chi connectivity index (χ3n) is 13.4. The van der Waals surface area contributed by atoms with Crippen LogP contribution in [0.5, 0.6) is 0 Å². The van der Waals surface area contributed by atoms with Gasteiger partial charge in [-0.3, -0.25) is 0 Å². The molecule has 0 spiro atoms. The molecule has 0 saturated heterocycles. The molecule has 0 amide bonds. The lowest BCUT2D eigenvalue weighted by molar-refractivity contribution is 0.672. The van der Waals surface area contributed by atoms with Gasteiger partial charge in [0.15, 0.2) is 17.5 Å². The summed E-state index contributed by atoms with van der Waals surface area (Å²) in [6.45, 7) is 0. The minimum absolute atomic E-state index is 0.554. The number of nitrogens with zero attached hydrogens (tertiary/aromatic N) is 4. The highest BCUT2D eigenvalue weighted by Crippen LogP contribution is 2.45. The van der Waals surface area contributed by atoms with Gasteiger partial charge in [-0.15, -0.1) is 0 Å². The topological polar surface area (TPSA) is 56.7 Å². The molecular formula is C61H36N4O. The van der Waals surface area contributed by atoms with Crippen molar-refractivity contribution in [1.29, 1.82) is 0 Å². The van der Waals surface area contributed by atoms with Crippen molar-refractivity contribution in [3.63, 3.8) is 0 Å². The number of rotatable bonds is 5. The van der Waals surface area contributed by atoms with Crippen LogP contribution in [0.2, 0.25) is 0 Å². The molecule has 5 heteroatoms. The molecule has 0 fully saturated rings. The summed E-state index contributed by atoms with van der Waals surface area (Å²) < 4.78 is 9.54. The van der Waals surface area contributed by atoms with Crippen molar-refractivity contribution in [2.75, 3.05) is 0 Å². The Bertz CT molecular complexity index is 4290. The van der Waals surface area contributed by atoms with E-state index in [4.69, 9.17) is 19.4 Å². The third kappa shape index (κ3) is 5.63. The SMILES string of the molecule is c1ccc(-c2cccc(-c3nc(-c4cc(-n5c6cc7ccccc7cc6c6c7ccccc7ccc65)c5c(c4)oc4c6ccccc6ccc45)nc(-c4cccc5ccccc45)n3)c2)cc1. The van der Waals surface area contributed by atoms with Crippen LogP contribution in [0.1, 0.15) is 0 Å². The Morgan fingerprint density at radius 3 is 1.73 bits per heavy atom. The molecular weight excluding hydrogens is 805 g/mol. The molecule has 3 aromatic heterocycles. The van der Waals surface area contributed by atoms with E-state index in [1.54, 1.807) is 0 Å². The Morgan fingerprint density at radius 1 is 0.318 bits per heavy atom. The van der Waals surface area contributed by atoms with Crippen LogP contribution in [0.3, 0.4) is 0 Å². The van der Waals surface area contributed by atoms with Gasteiger partial charge in [-0.1, -0.05) is 176 Å². The van der Waals surface area contributed by atoms with Gasteiger partial charge in [-0.25, -0.2) is 15.0 Å². The molecule has 14 rings (SSSR count). The van der Waals surface area contributed by atoms with Crippen LogP contribution >= 0.6 is 0 Å². The van der Waals surface area contributed by atoms with Crippen LogP contribution in [-0.2, 0) is 0 Å². The van der Waals surface area contributed by atoms with Gasteiger partial charge in [-0.05, 0) is 91.3 Å². The van der Waals surface area contributed by atoms with Crippen LogP contribution in [0.25, 0.3) is 138 Å². The van der Waals surface area contributed by atoms with Crippen LogP contribution < -0.4 is 0 Å². The Morgan fingerprint density at radius 2 is 0.909 bits per heavy atom. The van der Waals surface area contributed by atoms with E-state index >= 15 is 0 Å². The Kier molecular flexibility index (Phi) is 7.91. The predicted octanol–water partition coefficient (Wildman–Crippen LogP) is 16.1. The minimum Gasteiger partial charge on any atom is -0.455 e. The molecule has 0 saturated carbocycles. The van der Waals surface area contributed by atoms with Crippen molar-refractivity contribution in [2.45, 2.75) is 0 Å². The monoisotopic (exact) mass is 840 g/mol. The second kappa shape index (κ2) is 14.3. The quantitative estimate of drug-likeness (QED) is 0.173. The average Bonchev–Trinajstić information content (AvgIpc) is 3.93. The fourth-order valence-electron chi connectivity index (χ4n) is 10.3. The fourth-order valence-corrected chi connectivity index (χ4v) is 10.3. The van der Waals surface area contributed by atoms with Gasteiger partial charge in [0, 0.05) is 38.2 Å². The van der Waals surface area contributed by atoms with Crippen molar-refractivity contribution in [3.05, 3.63) is 218 Å². The van der Waals surface area contributed by atoms with Crippen molar-refractivity contribution in [2.24, 2.45) is 0 Å². The van der Waals surface area contributed by atoms with E-state index in [-0.39, 0.29) is 0 Å². The molecule has 0 aliphatic rings. The summed E-state index contributed by atoms with van der Waals surface area (Å²) in [5.41, 5.74) is 9.69. The van der Waals surface area contributed by atoms with Gasteiger partial charge < -0.3 is 8.98 Å². The molecule has 0 radical (unpaired) electrons. The summed E-state index contributed by atoms with van der Waals surface area (Å²) in [5.74, 6) is 1.75. The molecule has 11 aromatic carbocycles. The van der Waals surface area contributed by atoms with Crippen LogP contribution in [-0.4, -0.2) is 19.5 Å². The Hall–Kier alpha value is -8.93. The van der Waals surface area contributed by atoms with E-state index in [1.165, 1.54) is 32.3 Å². The molecule has 0 N–H and O–H groups in total. The summed E-state index contributed by atoms with van der Waals surface area (Å²) in [6, 6.07) is 77.5. The standard InChI is InChI=1S/C61H36N4O/c1-2-14-37(15-3-1)41-22-12-23-44(32-41)59-62-60(64-61(63-59)49-27-13-21-38-16-6-9-24-46(38)49)45-35-54(57-50-30-28-40-18-8-11-26-48(40)58(50)66-55(57)36-45)65-52-31-29-39-17-7-10-25-47(39)56(52)51-33-42-19-4-5-20-43(42)34-53(51)65/h1-36H. The number of fused-ring (bicyclic) bond motifs is 12. The lowest BCUT2D eigenvalue weighted by Crippen LogP contribution is -2.02. The van der Waals surface area contributed by atoms with E-state index in [0.717, 1.165) is 88.0 Å². The number of hydrogen-bond acceptors (Lipinski definition) is 4. The van der Waals surface area contributed by atoms with E-state index in [9.17, 15) is 0 Å². The summed E-state index contributed by atoms with van der Waals surface area (Å²) in [5, 5.41) is 13.7. The summed E-state index contributed by atoms with van der Waals surface area (Å²) in [7, 11) is 0. The first-order chi connectivity index (χ1) is 32.7. The minimum atomic E-state index is 0.554. The first-order valence-corrected chi connectivity index (χ1v) is 22.3. The number of benzene rings is 11. The smallest absolute Gasteiger partial charge is 0.164 e. The fraction of sp³-hybridized carbons (Fsp3) is 0. The zero-order chi connectivity index (χ0) is 43.3. The van der Waals surface area contributed by atoms with Crippen molar-refractivity contribution in [1.82, 2.24) is 19.5 Å². The van der Waals surface area contributed by atoms with E-state index in [1.807, 2.05) is 6.07 Å². The molecule has 3 heterocycles. The molecule has 0 aliphatic heterocycles. The highest BCUT2D eigenvalue weighted by atomic mass is 16.3. The number of hydrogen-bond donors (Lipinski definition) is 0. The summed E-state index contributed by atoms with van der Waals surface area (Å²) >= 11 is 0. The molecule has 14 aromatic rings. The first kappa shape index (κ1) is 36.5. The Balaban J connectivity index is 1.11. The van der Waals surface area contributed by atoms with Gasteiger partial charge in [0.05, 0.1) is 22.1 Å². The summed E-state index contributed by atoms with van der Waals surface area (Å²) in [6.07, 6.45) is 0. The zero-order valence-electron chi connectivity index (χ0n) is 35.5. The lowest BCUT2D eigenvalue weighted by atomic mass is 10.0. The number of aromatic nitrogens is 4. The lowest BCUT2D eigenvalue weighted by Gasteiger charge is -2.14. The maximum Gasteiger partial charge on any atom is 0.164 e. The highest BCUT2D eigenvalue weighted by Gasteiger charge is 2.24. The van der Waals surface area contributed by atoms with Gasteiger partial charge in [-0.2, -0.15) is 0 Å². The highest BCUT2D eigenvalue weighted by molar-refractivity contribution is 6.25. The predicted molar refractivity (Wildman–Crippen MR) is 273 cm³/mol. The van der Waals surface area contributed by atoms with Crippen LogP contribution in [0.4, 0.5) is 0 Å². The average molecular weight is 841 g/mol. The molecule has 0 unspecified atom stereocenters. The maximum atomic E-state index is 7.10. The molecule has 66 heavy (non-hydrogen) atoms. The molecule has 0 aliphatic carbocycles. The molecule has 0 atom stereocenters. The van der Waals surface area contributed by atoms with Gasteiger partial charge in [0.1, 0.15) is 11.2 Å². The second-order valence-electron chi connectivity index (χ2n) is 17.1. The van der Waals surface area contributed by atoms with E-state index in [2.05, 4.69) is 217 Å². The molecule has 0 bridgehead atoms. The Labute approximate surface area is 378 Å². The van der Waals surface area contributed by atoms with Crippen molar-refractivity contribution >= 4 is 86.8 Å². The largest absolute Gasteiger partial charge is 0.455 e. The number of furan rings is 1. The maximum absolute atomic E-state index is 7.10. The third-order valence-corrected chi connectivity index (χ3v) is 13.4.